The van der Waals surface area contributed by atoms with E-state index in [-0.39, 0.29) is 12.1 Å². The van der Waals surface area contributed by atoms with Gasteiger partial charge < -0.3 is 19.1 Å². The molecule has 120 valence electrons. The average Bonchev–Trinajstić information content (AvgIpc) is 2.95. The molecule has 0 aromatic heterocycles. The Labute approximate surface area is 124 Å². The number of hydrogen-bond donors (Lipinski definition) is 0. The van der Waals surface area contributed by atoms with Crippen LogP contribution in [0.1, 0.15) is 19.3 Å². The molecule has 1 amide bonds. The number of alkyl halides is 1. The normalized spacial score (nSPS) is 33.3. The Morgan fingerprint density at radius 1 is 1.24 bits per heavy atom. The molecule has 21 heavy (non-hydrogen) atoms. The Morgan fingerprint density at radius 3 is 2.48 bits per heavy atom. The Hall–Kier alpha value is -0.920. The summed E-state index contributed by atoms with van der Waals surface area (Å²) in [5.41, 5.74) is 0. The minimum atomic E-state index is -0.943. The molecule has 2 heterocycles. The van der Waals surface area contributed by atoms with E-state index in [9.17, 15) is 9.18 Å². The lowest BCUT2D eigenvalue weighted by molar-refractivity contribution is -0.199. The Bertz CT molecular complexity index is 381. The summed E-state index contributed by atoms with van der Waals surface area (Å²) in [6.07, 6.45) is 0.548. The van der Waals surface area contributed by atoms with Crippen molar-refractivity contribution in [2.24, 2.45) is 0 Å². The second-order valence-electron chi connectivity index (χ2n) is 5.93. The quantitative estimate of drug-likeness (QED) is 0.723. The molecule has 1 spiro atoms. The summed E-state index contributed by atoms with van der Waals surface area (Å²) in [6, 6.07) is -0.0942. The zero-order valence-corrected chi connectivity index (χ0v) is 12.4. The first-order valence-electron chi connectivity index (χ1n) is 7.62. The van der Waals surface area contributed by atoms with Gasteiger partial charge in [0.15, 0.2) is 5.79 Å². The van der Waals surface area contributed by atoms with Gasteiger partial charge in [0.2, 0.25) is 0 Å². The largest absolute Gasteiger partial charge is 0.453 e. The third kappa shape index (κ3) is 3.00. The Kier molecular flexibility index (Phi) is 4.33. The van der Waals surface area contributed by atoms with E-state index in [2.05, 4.69) is 4.90 Å². The van der Waals surface area contributed by atoms with Gasteiger partial charge in [-0.3, -0.25) is 4.90 Å². The van der Waals surface area contributed by atoms with E-state index < -0.39 is 12.0 Å². The zero-order chi connectivity index (χ0) is 14.9. The van der Waals surface area contributed by atoms with Crippen molar-refractivity contribution < 1.29 is 23.4 Å². The first kappa shape index (κ1) is 15.0. The maximum Gasteiger partial charge on any atom is 0.409 e. The summed E-state index contributed by atoms with van der Waals surface area (Å²) in [4.78, 5) is 15.3. The van der Waals surface area contributed by atoms with Crippen LogP contribution >= 0.6 is 0 Å². The molecule has 2 saturated heterocycles. The van der Waals surface area contributed by atoms with Crippen molar-refractivity contribution in [3.63, 3.8) is 0 Å². The van der Waals surface area contributed by atoms with E-state index in [1.54, 1.807) is 4.90 Å². The number of methoxy groups -OCH3 is 1. The molecule has 0 aromatic rings. The van der Waals surface area contributed by atoms with Crippen LogP contribution < -0.4 is 0 Å². The van der Waals surface area contributed by atoms with Crippen molar-refractivity contribution >= 4 is 6.09 Å². The number of halogens is 1. The van der Waals surface area contributed by atoms with Crippen LogP contribution in [0.5, 0.6) is 0 Å². The number of carbonyl (C=O) groups is 1. The molecule has 2 atom stereocenters. The van der Waals surface area contributed by atoms with Gasteiger partial charge in [-0.1, -0.05) is 0 Å². The monoisotopic (exact) mass is 302 g/mol. The summed E-state index contributed by atoms with van der Waals surface area (Å²) in [5.74, 6) is -0.677. The van der Waals surface area contributed by atoms with E-state index in [1.165, 1.54) is 7.11 Å². The minimum Gasteiger partial charge on any atom is -0.453 e. The highest BCUT2D eigenvalue weighted by molar-refractivity contribution is 5.67. The van der Waals surface area contributed by atoms with Crippen LogP contribution in [0.15, 0.2) is 0 Å². The van der Waals surface area contributed by atoms with Crippen molar-refractivity contribution in [1.82, 2.24) is 9.80 Å². The zero-order valence-electron chi connectivity index (χ0n) is 12.4. The van der Waals surface area contributed by atoms with Crippen LogP contribution in [0.2, 0.25) is 0 Å². The van der Waals surface area contributed by atoms with Crippen LogP contribution in [0, 0.1) is 0 Å². The average molecular weight is 302 g/mol. The summed E-state index contributed by atoms with van der Waals surface area (Å²) < 4.78 is 30.5. The number of piperazine rings is 1. The number of nitrogens with zero attached hydrogens (tertiary/aromatic N) is 2. The fraction of sp³-hybridized carbons (Fsp3) is 0.929. The second kappa shape index (κ2) is 6.06. The molecular weight excluding hydrogens is 279 g/mol. The summed E-state index contributed by atoms with van der Waals surface area (Å²) in [5, 5.41) is 0. The van der Waals surface area contributed by atoms with Crippen molar-refractivity contribution in [3.8, 4) is 0 Å². The molecule has 7 heteroatoms. The molecule has 3 aliphatic rings. The molecule has 0 radical (unpaired) electrons. The highest BCUT2D eigenvalue weighted by Crippen LogP contribution is 2.39. The van der Waals surface area contributed by atoms with Gasteiger partial charge in [0.25, 0.3) is 0 Å². The molecule has 2 aliphatic heterocycles. The number of amides is 1. The molecule has 1 aliphatic carbocycles. The Morgan fingerprint density at radius 2 is 1.90 bits per heavy atom. The molecule has 6 nitrogen and oxygen atoms in total. The van der Waals surface area contributed by atoms with Crippen molar-refractivity contribution in [2.75, 3.05) is 46.5 Å². The maximum absolute atomic E-state index is 14.5. The number of carbonyl (C=O) groups excluding carboxylic acids is 1. The predicted octanol–water partition coefficient (Wildman–Crippen LogP) is 1.00. The second-order valence-corrected chi connectivity index (χ2v) is 5.93. The molecule has 0 aromatic carbocycles. The van der Waals surface area contributed by atoms with Gasteiger partial charge in [-0.05, 0) is 6.42 Å². The first-order chi connectivity index (χ1) is 10.1. The molecule has 0 N–H and O–H groups in total. The smallest absolute Gasteiger partial charge is 0.409 e. The molecule has 2 unspecified atom stereocenters. The van der Waals surface area contributed by atoms with E-state index >= 15 is 0 Å². The summed E-state index contributed by atoms with van der Waals surface area (Å²) >= 11 is 0. The topological polar surface area (TPSA) is 51.2 Å². The number of hydrogen-bond acceptors (Lipinski definition) is 5. The third-order valence-electron chi connectivity index (χ3n) is 4.77. The van der Waals surface area contributed by atoms with Crippen molar-refractivity contribution in [2.45, 2.75) is 37.3 Å². The Balaban J connectivity index is 1.53. The minimum absolute atomic E-state index is 0.0942. The van der Waals surface area contributed by atoms with Gasteiger partial charge in [-0.2, -0.15) is 0 Å². The molecule has 1 saturated carbocycles. The molecular formula is C14H23FN2O4. The molecule has 0 bridgehead atoms. The van der Waals surface area contributed by atoms with Crippen LogP contribution in [0.25, 0.3) is 0 Å². The maximum atomic E-state index is 14.5. The summed E-state index contributed by atoms with van der Waals surface area (Å²) in [6.45, 7) is 3.69. The van der Waals surface area contributed by atoms with Crippen molar-refractivity contribution in [1.29, 1.82) is 0 Å². The van der Waals surface area contributed by atoms with Gasteiger partial charge in [0, 0.05) is 45.1 Å². The SMILES string of the molecule is COC(=O)N1CCN(C2CCC3(CC2F)OCCO3)CC1. The molecule has 3 fully saturated rings. The van der Waals surface area contributed by atoms with E-state index in [0.29, 0.717) is 45.8 Å². The first-order valence-corrected chi connectivity index (χ1v) is 7.62. The lowest BCUT2D eigenvalue weighted by atomic mass is 9.87. The van der Waals surface area contributed by atoms with Gasteiger partial charge in [-0.15, -0.1) is 0 Å². The van der Waals surface area contributed by atoms with Crippen LogP contribution in [0.4, 0.5) is 9.18 Å². The van der Waals surface area contributed by atoms with Crippen LogP contribution in [-0.4, -0.2) is 80.4 Å². The summed E-state index contributed by atoms with van der Waals surface area (Å²) in [7, 11) is 1.38. The standard InChI is InChI=1S/C14H23FN2O4/c1-19-13(18)17-6-4-16(5-7-17)12-2-3-14(10-11(12)15)20-8-9-21-14/h11-12H,2-10H2,1H3. The fourth-order valence-electron chi connectivity index (χ4n) is 3.62. The van der Waals surface area contributed by atoms with Crippen LogP contribution in [0.3, 0.4) is 0 Å². The lowest BCUT2D eigenvalue weighted by Crippen LogP contribution is -2.57. The van der Waals surface area contributed by atoms with Gasteiger partial charge >= 0.3 is 6.09 Å². The predicted molar refractivity (Wildman–Crippen MR) is 72.7 cm³/mol. The fourth-order valence-corrected chi connectivity index (χ4v) is 3.62. The van der Waals surface area contributed by atoms with E-state index in [4.69, 9.17) is 14.2 Å². The number of ether oxygens (including phenoxy) is 3. The van der Waals surface area contributed by atoms with Gasteiger partial charge in [-0.25, -0.2) is 9.18 Å². The van der Waals surface area contributed by atoms with Gasteiger partial charge in [0.05, 0.1) is 20.3 Å². The van der Waals surface area contributed by atoms with E-state index in [1.807, 2.05) is 0 Å². The van der Waals surface area contributed by atoms with Crippen LogP contribution in [-0.2, 0) is 14.2 Å². The van der Waals surface area contributed by atoms with Crippen molar-refractivity contribution in [3.05, 3.63) is 0 Å². The number of rotatable bonds is 1. The lowest BCUT2D eigenvalue weighted by Gasteiger charge is -2.45. The molecule has 3 rings (SSSR count). The highest BCUT2D eigenvalue weighted by Gasteiger charge is 2.47. The third-order valence-corrected chi connectivity index (χ3v) is 4.77. The van der Waals surface area contributed by atoms with Gasteiger partial charge in [0.1, 0.15) is 6.17 Å². The van der Waals surface area contributed by atoms with E-state index in [0.717, 1.165) is 12.8 Å². The highest BCUT2D eigenvalue weighted by atomic mass is 19.1.